The molecular formula is C14H20ClNO2. The van der Waals surface area contributed by atoms with Crippen molar-refractivity contribution in [3.63, 3.8) is 0 Å². The molecule has 1 fully saturated rings. The maximum Gasteiger partial charge on any atom is 0.254 e. The summed E-state index contributed by atoms with van der Waals surface area (Å²) in [6.07, 6.45) is 7.48. The van der Waals surface area contributed by atoms with Crippen LogP contribution < -0.4 is 5.32 Å². The standard InChI is InChI=1S/C14H20ClNO2/c1-11-12(5-8-18-11)13(17)16-10-14(9-15)6-3-2-4-7-14/h5,8H,2-4,6-7,9-10H2,1H3,(H,16,17). The molecule has 0 spiro atoms. The summed E-state index contributed by atoms with van der Waals surface area (Å²) in [4.78, 5) is 12.0. The molecule has 0 unspecified atom stereocenters. The normalized spacial score (nSPS) is 18.6. The highest BCUT2D eigenvalue weighted by Crippen LogP contribution is 2.36. The van der Waals surface area contributed by atoms with Crippen molar-refractivity contribution in [2.45, 2.75) is 39.0 Å². The summed E-state index contributed by atoms with van der Waals surface area (Å²) in [6.45, 7) is 2.47. The van der Waals surface area contributed by atoms with E-state index in [2.05, 4.69) is 5.32 Å². The maximum absolute atomic E-state index is 12.0. The van der Waals surface area contributed by atoms with Crippen molar-refractivity contribution in [3.05, 3.63) is 23.7 Å². The summed E-state index contributed by atoms with van der Waals surface area (Å²) >= 11 is 6.11. The average molecular weight is 270 g/mol. The van der Waals surface area contributed by atoms with Crippen molar-refractivity contribution < 1.29 is 9.21 Å². The molecule has 0 bridgehead atoms. The molecule has 2 rings (SSSR count). The Kier molecular flexibility index (Phi) is 4.33. The van der Waals surface area contributed by atoms with Gasteiger partial charge in [0.2, 0.25) is 0 Å². The minimum absolute atomic E-state index is 0.0590. The molecule has 0 aliphatic heterocycles. The fourth-order valence-electron chi connectivity index (χ4n) is 2.64. The number of nitrogens with one attached hydrogen (secondary N) is 1. The predicted octanol–water partition coefficient (Wildman–Crippen LogP) is 3.51. The molecule has 0 saturated heterocycles. The van der Waals surface area contributed by atoms with Gasteiger partial charge in [0.15, 0.2) is 0 Å². The summed E-state index contributed by atoms with van der Waals surface area (Å²) in [5.74, 6) is 1.23. The molecule has 1 amide bonds. The molecule has 1 aromatic heterocycles. The van der Waals surface area contributed by atoms with Gasteiger partial charge in [-0.05, 0) is 25.8 Å². The van der Waals surface area contributed by atoms with Gasteiger partial charge < -0.3 is 9.73 Å². The number of amides is 1. The number of furan rings is 1. The second kappa shape index (κ2) is 5.79. The smallest absolute Gasteiger partial charge is 0.254 e. The lowest BCUT2D eigenvalue weighted by atomic mass is 9.75. The van der Waals surface area contributed by atoms with E-state index in [-0.39, 0.29) is 11.3 Å². The van der Waals surface area contributed by atoms with E-state index in [1.165, 1.54) is 19.3 Å². The Morgan fingerprint density at radius 1 is 1.44 bits per heavy atom. The molecule has 0 radical (unpaired) electrons. The zero-order valence-corrected chi connectivity index (χ0v) is 11.6. The van der Waals surface area contributed by atoms with Gasteiger partial charge in [-0.2, -0.15) is 0 Å². The van der Waals surface area contributed by atoms with Crippen molar-refractivity contribution in [2.75, 3.05) is 12.4 Å². The molecule has 1 heterocycles. The van der Waals surface area contributed by atoms with Gasteiger partial charge in [0.25, 0.3) is 5.91 Å². The first-order valence-electron chi connectivity index (χ1n) is 6.55. The first-order chi connectivity index (χ1) is 8.67. The highest BCUT2D eigenvalue weighted by Gasteiger charge is 2.31. The van der Waals surface area contributed by atoms with Crippen LogP contribution in [0.25, 0.3) is 0 Å². The first-order valence-corrected chi connectivity index (χ1v) is 7.09. The van der Waals surface area contributed by atoms with Crippen molar-refractivity contribution >= 4 is 17.5 Å². The number of carbonyl (C=O) groups excluding carboxylic acids is 1. The van der Waals surface area contributed by atoms with Crippen LogP contribution in [0.5, 0.6) is 0 Å². The van der Waals surface area contributed by atoms with E-state index in [1.807, 2.05) is 0 Å². The lowest BCUT2D eigenvalue weighted by molar-refractivity contribution is 0.0919. The number of aryl methyl sites for hydroxylation is 1. The zero-order valence-electron chi connectivity index (χ0n) is 10.8. The number of hydrogen-bond acceptors (Lipinski definition) is 2. The van der Waals surface area contributed by atoms with E-state index in [1.54, 1.807) is 19.3 Å². The molecule has 4 heteroatoms. The van der Waals surface area contributed by atoms with E-state index in [9.17, 15) is 4.79 Å². The largest absolute Gasteiger partial charge is 0.469 e. The Bertz CT molecular complexity index is 408. The summed E-state index contributed by atoms with van der Waals surface area (Å²) in [5, 5.41) is 3.00. The van der Waals surface area contributed by atoms with E-state index < -0.39 is 0 Å². The third kappa shape index (κ3) is 2.89. The van der Waals surface area contributed by atoms with Crippen LogP contribution in [-0.4, -0.2) is 18.3 Å². The van der Waals surface area contributed by atoms with Gasteiger partial charge in [-0.15, -0.1) is 11.6 Å². The lowest BCUT2D eigenvalue weighted by Crippen LogP contribution is -2.40. The molecule has 1 aliphatic rings. The number of hydrogen-bond donors (Lipinski definition) is 1. The Morgan fingerprint density at radius 3 is 2.72 bits per heavy atom. The molecule has 1 saturated carbocycles. The van der Waals surface area contributed by atoms with Gasteiger partial charge in [0.05, 0.1) is 11.8 Å². The molecule has 1 N–H and O–H groups in total. The van der Waals surface area contributed by atoms with Gasteiger partial charge in [-0.25, -0.2) is 0 Å². The Labute approximate surface area is 113 Å². The summed E-state index contributed by atoms with van der Waals surface area (Å²) in [5.41, 5.74) is 0.711. The molecule has 1 aliphatic carbocycles. The van der Waals surface area contributed by atoms with Crippen LogP contribution in [0.1, 0.15) is 48.2 Å². The fraction of sp³-hybridized carbons (Fsp3) is 0.643. The van der Waals surface area contributed by atoms with Gasteiger partial charge >= 0.3 is 0 Å². The van der Waals surface area contributed by atoms with Crippen LogP contribution in [0.2, 0.25) is 0 Å². The van der Waals surface area contributed by atoms with E-state index in [0.717, 1.165) is 12.8 Å². The Balaban J connectivity index is 1.94. The minimum atomic E-state index is -0.0590. The SMILES string of the molecule is Cc1occc1C(=O)NCC1(CCl)CCCCC1. The lowest BCUT2D eigenvalue weighted by Gasteiger charge is -2.35. The number of halogens is 1. The molecule has 1 aromatic rings. The van der Waals surface area contributed by atoms with Crippen molar-refractivity contribution in [3.8, 4) is 0 Å². The predicted molar refractivity (Wildman–Crippen MR) is 72.0 cm³/mol. The Hall–Kier alpha value is -0.960. The third-order valence-electron chi connectivity index (χ3n) is 3.93. The van der Waals surface area contributed by atoms with Gasteiger partial charge in [-0.1, -0.05) is 19.3 Å². The molecule has 0 atom stereocenters. The number of alkyl halides is 1. The van der Waals surface area contributed by atoms with Crippen molar-refractivity contribution in [2.24, 2.45) is 5.41 Å². The topological polar surface area (TPSA) is 42.2 Å². The van der Waals surface area contributed by atoms with Crippen molar-refractivity contribution in [1.82, 2.24) is 5.32 Å². The zero-order chi connectivity index (χ0) is 13.0. The summed E-state index contributed by atoms with van der Waals surface area (Å²) in [7, 11) is 0. The average Bonchev–Trinajstić information content (AvgIpc) is 2.83. The quantitative estimate of drug-likeness (QED) is 0.850. The van der Waals surface area contributed by atoms with Gasteiger partial charge in [-0.3, -0.25) is 4.79 Å². The van der Waals surface area contributed by atoms with Gasteiger partial charge in [0.1, 0.15) is 5.76 Å². The van der Waals surface area contributed by atoms with Crippen LogP contribution in [0, 0.1) is 12.3 Å². The van der Waals surface area contributed by atoms with Crippen LogP contribution in [0.4, 0.5) is 0 Å². The van der Waals surface area contributed by atoms with Crippen LogP contribution >= 0.6 is 11.6 Å². The van der Waals surface area contributed by atoms with Crippen LogP contribution in [0.15, 0.2) is 16.7 Å². The molecule has 3 nitrogen and oxygen atoms in total. The summed E-state index contributed by atoms with van der Waals surface area (Å²) < 4.78 is 5.14. The second-order valence-corrected chi connectivity index (χ2v) is 5.53. The van der Waals surface area contributed by atoms with E-state index in [0.29, 0.717) is 23.7 Å². The highest BCUT2D eigenvalue weighted by molar-refractivity contribution is 6.18. The fourth-order valence-corrected chi connectivity index (χ4v) is 3.00. The molecular weight excluding hydrogens is 250 g/mol. The van der Waals surface area contributed by atoms with Crippen LogP contribution in [-0.2, 0) is 0 Å². The molecule has 100 valence electrons. The molecule has 18 heavy (non-hydrogen) atoms. The van der Waals surface area contributed by atoms with Gasteiger partial charge in [0, 0.05) is 17.8 Å². The Morgan fingerprint density at radius 2 is 2.17 bits per heavy atom. The molecule has 0 aromatic carbocycles. The first kappa shape index (κ1) is 13.5. The van der Waals surface area contributed by atoms with E-state index >= 15 is 0 Å². The summed E-state index contributed by atoms with van der Waals surface area (Å²) in [6, 6.07) is 1.71. The maximum atomic E-state index is 12.0. The highest BCUT2D eigenvalue weighted by atomic mass is 35.5. The monoisotopic (exact) mass is 269 g/mol. The third-order valence-corrected chi connectivity index (χ3v) is 4.49. The second-order valence-electron chi connectivity index (χ2n) is 5.27. The van der Waals surface area contributed by atoms with E-state index in [4.69, 9.17) is 16.0 Å². The number of rotatable bonds is 4. The van der Waals surface area contributed by atoms with Crippen molar-refractivity contribution in [1.29, 1.82) is 0 Å². The minimum Gasteiger partial charge on any atom is -0.469 e. The van der Waals surface area contributed by atoms with Crippen LogP contribution in [0.3, 0.4) is 0 Å². The number of carbonyl (C=O) groups is 1.